The van der Waals surface area contributed by atoms with Crippen molar-refractivity contribution in [1.29, 1.82) is 0 Å². The van der Waals surface area contributed by atoms with Crippen molar-refractivity contribution in [2.45, 2.75) is 13.3 Å². The predicted molar refractivity (Wildman–Crippen MR) is 69.1 cm³/mol. The van der Waals surface area contributed by atoms with E-state index in [0.717, 1.165) is 17.5 Å². The van der Waals surface area contributed by atoms with Gasteiger partial charge in [0, 0.05) is 11.5 Å². The van der Waals surface area contributed by atoms with Crippen LogP contribution in [0.3, 0.4) is 0 Å². The lowest BCUT2D eigenvalue weighted by Gasteiger charge is -2.04. The number of hydrogen-bond acceptors (Lipinski definition) is 1. The van der Waals surface area contributed by atoms with Gasteiger partial charge in [-0.1, -0.05) is 49.4 Å². The molecule has 0 fully saturated rings. The fourth-order valence-electron chi connectivity index (χ4n) is 2.48. The fourth-order valence-corrected chi connectivity index (χ4v) is 2.48. The van der Waals surface area contributed by atoms with E-state index >= 15 is 0 Å². The summed E-state index contributed by atoms with van der Waals surface area (Å²) in [6.07, 6.45) is 0.892. The summed E-state index contributed by atoms with van der Waals surface area (Å²) in [4.78, 5) is 12.0. The Balaban J connectivity index is 2.09. The van der Waals surface area contributed by atoms with Crippen LogP contribution < -0.4 is 0 Å². The van der Waals surface area contributed by atoms with Crippen molar-refractivity contribution in [3.05, 3.63) is 59.7 Å². The minimum Gasteiger partial charge on any atom is -0.294 e. The van der Waals surface area contributed by atoms with E-state index in [2.05, 4.69) is 24.3 Å². The van der Waals surface area contributed by atoms with E-state index in [0.29, 0.717) is 0 Å². The summed E-state index contributed by atoms with van der Waals surface area (Å²) >= 11 is 0. The zero-order valence-corrected chi connectivity index (χ0v) is 9.81. The Labute approximate surface area is 101 Å². The third kappa shape index (κ3) is 1.68. The quantitative estimate of drug-likeness (QED) is 0.718. The molecule has 0 saturated carbocycles. The molecule has 1 nitrogen and oxygen atoms in total. The van der Waals surface area contributed by atoms with Crippen molar-refractivity contribution >= 4 is 5.78 Å². The molecule has 0 amide bonds. The number of benzene rings is 2. The first kappa shape index (κ1) is 10.3. The number of ketones is 1. The minimum atomic E-state index is 0.149. The van der Waals surface area contributed by atoms with Gasteiger partial charge in [-0.05, 0) is 29.2 Å². The molecular formula is C16H14O. The molecule has 1 unspecified atom stereocenters. The third-order valence-electron chi connectivity index (χ3n) is 3.46. The topological polar surface area (TPSA) is 17.1 Å². The molecule has 0 heterocycles. The van der Waals surface area contributed by atoms with Crippen LogP contribution in [0.25, 0.3) is 11.1 Å². The molecule has 2 aromatic carbocycles. The normalized spacial score (nSPS) is 18.2. The van der Waals surface area contributed by atoms with Crippen molar-refractivity contribution in [3.63, 3.8) is 0 Å². The molecule has 2 aromatic rings. The minimum absolute atomic E-state index is 0.149. The summed E-state index contributed by atoms with van der Waals surface area (Å²) in [6, 6.07) is 16.4. The van der Waals surface area contributed by atoms with E-state index in [-0.39, 0.29) is 11.7 Å². The molecule has 84 valence electrons. The van der Waals surface area contributed by atoms with Crippen LogP contribution in [0.4, 0.5) is 0 Å². The van der Waals surface area contributed by atoms with E-state index in [1.165, 1.54) is 11.1 Å². The van der Waals surface area contributed by atoms with Crippen LogP contribution in [0.1, 0.15) is 22.8 Å². The van der Waals surface area contributed by atoms with Crippen molar-refractivity contribution < 1.29 is 4.79 Å². The first-order valence-electron chi connectivity index (χ1n) is 5.98. The van der Waals surface area contributed by atoms with Gasteiger partial charge in [-0.3, -0.25) is 4.79 Å². The van der Waals surface area contributed by atoms with Crippen molar-refractivity contribution in [3.8, 4) is 11.1 Å². The van der Waals surface area contributed by atoms with Gasteiger partial charge in [-0.25, -0.2) is 0 Å². The molecule has 1 aliphatic rings. The van der Waals surface area contributed by atoms with Crippen LogP contribution in [0.15, 0.2) is 48.5 Å². The fraction of sp³-hybridized carbons (Fsp3) is 0.188. The summed E-state index contributed by atoms with van der Waals surface area (Å²) in [6.45, 7) is 2.00. The first-order valence-corrected chi connectivity index (χ1v) is 5.98. The zero-order valence-electron chi connectivity index (χ0n) is 9.81. The molecule has 1 heteroatoms. The van der Waals surface area contributed by atoms with Crippen LogP contribution >= 0.6 is 0 Å². The highest BCUT2D eigenvalue weighted by Gasteiger charge is 2.26. The number of Topliss-reactive ketones (excluding diaryl/α,β-unsaturated/α-hetero) is 1. The van der Waals surface area contributed by atoms with Gasteiger partial charge in [0.1, 0.15) is 0 Å². The van der Waals surface area contributed by atoms with E-state index in [9.17, 15) is 4.79 Å². The second kappa shape index (κ2) is 3.85. The van der Waals surface area contributed by atoms with Crippen LogP contribution in [-0.2, 0) is 6.42 Å². The van der Waals surface area contributed by atoms with Gasteiger partial charge in [0.25, 0.3) is 0 Å². The summed E-state index contributed by atoms with van der Waals surface area (Å²) < 4.78 is 0. The molecule has 3 rings (SSSR count). The monoisotopic (exact) mass is 222 g/mol. The molecule has 0 N–H and O–H groups in total. The van der Waals surface area contributed by atoms with Gasteiger partial charge in [-0.15, -0.1) is 0 Å². The average Bonchev–Trinajstić information content (AvgIpc) is 2.66. The van der Waals surface area contributed by atoms with Crippen molar-refractivity contribution in [2.75, 3.05) is 0 Å². The van der Waals surface area contributed by atoms with Crippen molar-refractivity contribution in [1.82, 2.24) is 0 Å². The highest BCUT2D eigenvalue weighted by molar-refractivity contribution is 6.03. The zero-order chi connectivity index (χ0) is 11.8. The number of rotatable bonds is 1. The van der Waals surface area contributed by atoms with Gasteiger partial charge in [0.05, 0.1) is 0 Å². The Hall–Kier alpha value is -1.89. The molecule has 0 aliphatic heterocycles. The number of carbonyl (C=O) groups excluding carboxylic acids is 1. The third-order valence-corrected chi connectivity index (χ3v) is 3.46. The molecule has 0 bridgehead atoms. The Bertz CT molecular complexity index is 569. The van der Waals surface area contributed by atoms with Crippen LogP contribution in [0.2, 0.25) is 0 Å². The molecule has 0 radical (unpaired) electrons. The van der Waals surface area contributed by atoms with Crippen LogP contribution in [-0.4, -0.2) is 5.78 Å². The van der Waals surface area contributed by atoms with Gasteiger partial charge in [0.2, 0.25) is 0 Å². The van der Waals surface area contributed by atoms with E-state index in [1.807, 2.05) is 31.2 Å². The molecule has 0 spiro atoms. The maximum Gasteiger partial charge on any atom is 0.166 e. The lowest BCUT2D eigenvalue weighted by Crippen LogP contribution is -2.02. The van der Waals surface area contributed by atoms with Gasteiger partial charge < -0.3 is 0 Å². The maximum absolute atomic E-state index is 12.0. The molecule has 1 aliphatic carbocycles. The largest absolute Gasteiger partial charge is 0.294 e. The van der Waals surface area contributed by atoms with E-state index < -0.39 is 0 Å². The summed E-state index contributed by atoms with van der Waals surface area (Å²) in [5.74, 6) is 0.439. The highest BCUT2D eigenvalue weighted by atomic mass is 16.1. The summed E-state index contributed by atoms with van der Waals surface area (Å²) in [7, 11) is 0. The molecular weight excluding hydrogens is 208 g/mol. The second-order valence-corrected chi connectivity index (χ2v) is 4.71. The summed E-state index contributed by atoms with van der Waals surface area (Å²) in [5, 5.41) is 0. The number of fused-ring (bicyclic) bond motifs is 1. The standard InChI is InChI=1S/C16H14O/c1-11-9-14-8-7-13(10-15(14)16(11)17)12-5-3-2-4-6-12/h2-8,10-11H,9H2,1H3. The van der Waals surface area contributed by atoms with Gasteiger partial charge >= 0.3 is 0 Å². The van der Waals surface area contributed by atoms with Crippen molar-refractivity contribution in [2.24, 2.45) is 5.92 Å². The SMILES string of the molecule is CC1Cc2ccc(-c3ccccc3)cc2C1=O. The Morgan fingerprint density at radius 1 is 1.00 bits per heavy atom. The second-order valence-electron chi connectivity index (χ2n) is 4.71. The van der Waals surface area contributed by atoms with E-state index in [1.54, 1.807) is 0 Å². The molecule has 0 saturated heterocycles. The first-order chi connectivity index (χ1) is 8.25. The van der Waals surface area contributed by atoms with E-state index in [4.69, 9.17) is 0 Å². The van der Waals surface area contributed by atoms with Crippen LogP contribution in [0, 0.1) is 5.92 Å². The average molecular weight is 222 g/mol. The Kier molecular flexibility index (Phi) is 2.32. The van der Waals surface area contributed by atoms with Gasteiger partial charge in [-0.2, -0.15) is 0 Å². The molecule has 1 atom stereocenters. The van der Waals surface area contributed by atoms with Crippen LogP contribution in [0.5, 0.6) is 0 Å². The summed E-state index contributed by atoms with van der Waals surface area (Å²) in [5.41, 5.74) is 4.41. The lowest BCUT2D eigenvalue weighted by molar-refractivity contribution is 0.0946. The number of hydrogen-bond donors (Lipinski definition) is 0. The molecule has 17 heavy (non-hydrogen) atoms. The smallest absolute Gasteiger partial charge is 0.166 e. The predicted octanol–water partition coefficient (Wildman–Crippen LogP) is 3.73. The highest BCUT2D eigenvalue weighted by Crippen LogP contribution is 2.30. The Morgan fingerprint density at radius 3 is 2.53 bits per heavy atom. The maximum atomic E-state index is 12.0. The number of carbonyl (C=O) groups is 1. The Morgan fingerprint density at radius 2 is 1.76 bits per heavy atom. The lowest BCUT2D eigenvalue weighted by atomic mass is 10.0. The molecule has 0 aromatic heterocycles. The van der Waals surface area contributed by atoms with Gasteiger partial charge in [0.15, 0.2) is 5.78 Å².